The highest BCUT2D eigenvalue weighted by Crippen LogP contribution is 2.22. The van der Waals surface area contributed by atoms with E-state index in [1.54, 1.807) is 18.7 Å². The van der Waals surface area contributed by atoms with Crippen molar-refractivity contribution in [1.29, 1.82) is 0 Å². The molecule has 0 radical (unpaired) electrons. The van der Waals surface area contributed by atoms with E-state index < -0.39 is 0 Å². The molecule has 0 aliphatic rings. The van der Waals surface area contributed by atoms with Crippen molar-refractivity contribution in [3.05, 3.63) is 70.5 Å². The number of carbonyl (C=O) groups is 1. The summed E-state index contributed by atoms with van der Waals surface area (Å²) in [6, 6.07) is 16.3. The molecule has 1 N–H and O–H groups in total. The summed E-state index contributed by atoms with van der Waals surface area (Å²) in [4.78, 5) is 24.1. The molecule has 0 saturated heterocycles. The SMILES string of the molecule is COc1cccc(CNC(=O)COc2cc(=O)n(C)c3ccccc23)c1. The number of methoxy groups -OCH3 is 1. The second-order valence-electron chi connectivity index (χ2n) is 5.84. The van der Waals surface area contributed by atoms with Crippen molar-refractivity contribution in [2.45, 2.75) is 6.54 Å². The maximum absolute atomic E-state index is 12.1. The molecule has 3 aromatic rings. The standard InChI is InChI=1S/C20H20N2O4/c1-22-17-9-4-3-8-16(17)18(11-20(22)24)26-13-19(23)21-12-14-6-5-7-15(10-14)25-2/h3-11H,12-13H2,1-2H3,(H,21,23). The molecule has 1 aromatic heterocycles. The van der Waals surface area contributed by atoms with Gasteiger partial charge in [0.15, 0.2) is 6.61 Å². The predicted molar refractivity (Wildman–Crippen MR) is 99.5 cm³/mol. The molecule has 0 unspecified atom stereocenters. The highest BCUT2D eigenvalue weighted by molar-refractivity contribution is 5.86. The van der Waals surface area contributed by atoms with Crippen LogP contribution < -0.4 is 20.3 Å². The number of amides is 1. The highest BCUT2D eigenvalue weighted by Gasteiger charge is 2.09. The summed E-state index contributed by atoms with van der Waals surface area (Å²) in [5, 5.41) is 3.58. The minimum Gasteiger partial charge on any atom is -0.497 e. The first kappa shape index (κ1) is 17.5. The first-order valence-electron chi connectivity index (χ1n) is 8.19. The van der Waals surface area contributed by atoms with Crippen molar-refractivity contribution < 1.29 is 14.3 Å². The summed E-state index contributed by atoms with van der Waals surface area (Å²) in [6.45, 7) is 0.206. The Morgan fingerprint density at radius 1 is 1.12 bits per heavy atom. The van der Waals surface area contributed by atoms with E-state index in [1.165, 1.54) is 6.07 Å². The third-order valence-corrected chi connectivity index (χ3v) is 4.10. The second-order valence-corrected chi connectivity index (χ2v) is 5.84. The van der Waals surface area contributed by atoms with Crippen molar-refractivity contribution in [1.82, 2.24) is 9.88 Å². The van der Waals surface area contributed by atoms with Crippen LogP contribution in [0.2, 0.25) is 0 Å². The van der Waals surface area contributed by atoms with Crippen LogP contribution in [0.3, 0.4) is 0 Å². The van der Waals surface area contributed by atoms with Crippen LogP contribution in [0.1, 0.15) is 5.56 Å². The molecule has 1 amide bonds. The van der Waals surface area contributed by atoms with Crippen LogP contribution in [0.4, 0.5) is 0 Å². The molecule has 2 aromatic carbocycles. The van der Waals surface area contributed by atoms with Gasteiger partial charge in [0.2, 0.25) is 0 Å². The van der Waals surface area contributed by atoms with Crippen molar-refractivity contribution >= 4 is 16.8 Å². The number of rotatable bonds is 6. The quantitative estimate of drug-likeness (QED) is 0.739. The van der Waals surface area contributed by atoms with E-state index in [-0.39, 0.29) is 18.1 Å². The number of aromatic nitrogens is 1. The third-order valence-electron chi connectivity index (χ3n) is 4.10. The third kappa shape index (κ3) is 3.85. The lowest BCUT2D eigenvalue weighted by Gasteiger charge is -2.12. The smallest absolute Gasteiger partial charge is 0.258 e. The van der Waals surface area contributed by atoms with Crippen LogP contribution in [0.25, 0.3) is 10.9 Å². The Hall–Kier alpha value is -3.28. The van der Waals surface area contributed by atoms with Crippen LogP contribution >= 0.6 is 0 Å². The molecule has 134 valence electrons. The molecule has 0 bridgehead atoms. The van der Waals surface area contributed by atoms with Crippen molar-refractivity contribution in [3.63, 3.8) is 0 Å². The number of ether oxygens (including phenoxy) is 2. The fourth-order valence-corrected chi connectivity index (χ4v) is 2.68. The summed E-state index contributed by atoms with van der Waals surface area (Å²) in [5.41, 5.74) is 1.50. The van der Waals surface area contributed by atoms with Crippen LogP contribution in [0.5, 0.6) is 11.5 Å². The molecular weight excluding hydrogens is 332 g/mol. The number of fused-ring (bicyclic) bond motifs is 1. The second kappa shape index (κ2) is 7.74. The molecule has 3 rings (SSSR count). The van der Waals surface area contributed by atoms with E-state index in [2.05, 4.69) is 5.32 Å². The lowest BCUT2D eigenvalue weighted by Crippen LogP contribution is -2.28. The number of hydrogen-bond donors (Lipinski definition) is 1. The van der Waals surface area contributed by atoms with Gasteiger partial charge in [0.05, 0.1) is 12.6 Å². The van der Waals surface area contributed by atoms with Crippen molar-refractivity contribution in [3.8, 4) is 11.5 Å². The lowest BCUT2D eigenvalue weighted by molar-refractivity contribution is -0.123. The molecule has 0 saturated carbocycles. The zero-order valence-corrected chi connectivity index (χ0v) is 14.7. The molecule has 0 fully saturated rings. The maximum Gasteiger partial charge on any atom is 0.258 e. The number of nitrogens with one attached hydrogen (secondary N) is 1. The van der Waals surface area contributed by atoms with Gasteiger partial charge >= 0.3 is 0 Å². The molecule has 6 nitrogen and oxygen atoms in total. The number of carbonyl (C=O) groups excluding carboxylic acids is 1. The maximum atomic E-state index is 12.1. The number of pyridine rings is 1. The fraction of sp³-hybridized carbons (Fsp3) is 0.200. The van der Waals surface area contributed by atoms with E-state index in [0.717, 1.165) is 22.2 Å². The summed E-state index contributed by atoms with van der Waals surface area (Å²) in [6.07, 6.45) is 0. The van der Waals surface area contributed by atoms with Gasteiger partial charge in [-0.3, -0.25) is 9.59 Å². The minimum absolute atomic E-state index is 0.166. The van der Waals surface area contributed by atoms with Crippen molar-refractivity contribution in [2.75, 3.05) is 13.7 Å². The van der Waals surface area contributed by atoms with E-state index in [9.17, 15) is 9.59 Å². The summed E-state index contributed by atoms with van der Waals surface area (Å²) >= 11 is 0. The number of hydrogen-bond acceptors (Lipinski definition) is 4. The van der Waals surface area contributed by atoms with Crippen LogP contribution in [0.15, 0.2) is 59.4 Å². The number of para-hydroxylation sites is 1. The molecule has 1 heterocycles. The largest absolute Gasteiger partial charge is 0.497 e. The molecule has 0 aliphatic carbocycles. The first-order chi connectivity index (χ1) is 12.6. The van der Waals surface area contributed by atoms with Gasteiger partial charge in [-0.25, -0.2) is 0 Å². The van der Waals surface area contributed by atoms with Gasteiger partial charge in [-0.05, 0) is 29.8 Å². The number of aryl methyl sites for hydroxylation is 1. The van der Waals surface area contributed by atoms with E-state index in [1.807, 2.05) is 48.5 Å². The Bertz CT molecular complexity index is 995. The molecule has 0 aliphatic heterocycles. The van der Waals surface area contributed by atoms with Crippen LogP contribution in [-0.2, 0) is 18.4 Å². The minimum atomic E-state index is -0.266. The summed E-state index contributed by atoms with van der Waals surface area (Å²) < 4.78 is 12.3. The highest BCUT2D eigenvalue weighted by atomic mass is 16.5. The Labute approximate surface area is 151 Å². The molecule has 0 atom stereocenters. The lowest BCUT2D eigenvalue weighted by atomic mass is 10.2. The van der Waals surface area contributed by atoms with Gasteiger partial charge in [-0.15, -0.1) is 0 Å². The van der Waals surface area contributed by atoms with Gasteiger partial charge in [0.1, 0.15) is 11.5 Å². The Balaban J connectivity index is 1.65. The van der Waals surface area contributed by atoms with Gasteiger partial charge in [-0.1, -0.05) is 24.3 Å². The summed E-state index contributed by atoms with van der Waals surface area (Å²) in [5.74, 6) is 0.873. The normalized spacial score (nSPS) is 10.5. The zero-order valence-electron chi connectivity index (χ0n) is 14.7. The predicted octanol–water partition coefficient (Wildman–Crippen LogP) is 2.24. The monoisotopic (exact) mass is 352 g/mol. The first-order valence-corrected chi connectivity index (χ1v) is 8.19. The van der Waals surface area contributed by atoms with E-state index in [4.69, 9.17) is 9.47 Å². The Kier molecular flexibility index (Phi) is 5.22. The summed E-state index contributed by atoms with van der Waals surface area (Å²) in [7, 11) is 3.30. The van der Waals surface area contributed by atoms with Gasteiger partial charge in [0.25, 0.3) is 11.5 Å². The average molecular weight is 352 g/mol. The molecular formula is C20H20N2O4. The average Bonchev–Trinajstić information content (AvgIpc) is 2.68. The molecule has 6 heteroatoms. The molecule has 26 heavy (non-hydrogen) atoms. The van der Waals surface area contributed by atoms with Crippen LogP contribution in [0, 0.1) is 0 Å². The van der Waals surface area contributed by atoms with E-state index in [0.29, 0.717) is 12.3 Å². The Morgan fingerprint density at radius 3 is 2.73 bits per heavy atom. The van der Waals surface area contributed by atoms with Crippen LogP contribution in [-0.4, -0.2) is 24.2 Å². The Morgan fingerprint density at radius 2 is 1.92 bits per heavy atom. The number of benzene rings is 2. The number of nitrogens with zero attached hydrogens (tertiary/aromatic N) is 1. The van der Waals surface area contributed by atoms with Gasteiger partial charge in [0, 0.05) is 25.0 Å². The fourth-order valence-electron chi connectivity index (χ4n) is 2.68. The topological polar surface area (TPSA) is 69.6 Å². The van der Waals surface area contributed by atoms with E-state index >= 15 is 0 Å². The molecule has 0 spiro atoms. The zero-order chi connectivity index (χ0) is 18.5. The van der Waals surface area contributed by atoms with Gasteiger partial charge < -0.3 is 19.4 Å². The van der Waals surface area contributed by atoms with Crippen molar-refractivity contribution in [2.24, 2.45) is 7.05 Å². The van der Waals surface area contributed by atoms with Gasteiger partial charge in [-0.2, -0.15) is 0 Å².